The van der Waals surface area contributed by atoms with E-state index in [9.17, 15) is 0 Å². The molecular weight excluding hydrogens is 300 g/mol. The van der Waals surface area contributed by atoms with E-state index in [2.05, 4.69) is 63.4 Å². The fourth-order valence-corrected chi connectivity index (χ4v) is 3.60. The summed E-state index contributed by atoms with van der Waals surface area (Å²) < 4.78 is 2.27. The van der Waals surface area contributed by atoms with Crippen LogP contribution < -0.4 is 4.90 Å². The van der Waals surface area contributed by atoms with E-state index in [1.54, 1.807) is 6.33 Å². The summed E-state index contributed by atoms with van der Waals surface area (Å²) in [6.07, 6.45) is 1.66. The Morgan fingerprint density at radius 3 is 2.75 bits per heavy atom. The van der Waals surface area contributed by atoms with Gasteiger partial charge in [0.25, 0.3) is 0 Å². The van der Waals surface area contributed by atoms with Gasteiger partial charge >= 0.3 is 0 Å². The number of nitrogens with zero attached hydrogens (tertiary/aromatic N) is 6. The first-order chi connectivity index (χ1) is 11.6. The van der Waals surface area contributed by atoms with Gasteiger partial charge in [0.2, 0.25) is 0 Å². The molecular formula is C18H22N6. The number of fused-ring (bicyclic) bond motifs is 2. The highest BCUT2D eigenvalue weighted by molar-refractivity contribution is 5.92. The molecule has 24 heavy (non-hydrogen) atoms. The average molecular weight is 322 g/mol. The van der Waals surface area contributed by atoms with E-state index in [1.165, 1.54) is 5.56 Å². The molecule has 0 radical (unpaired) electrons. The molecule has 0 fully saturated rings. The van der Waals surface area contributed by atoms with E-state index in [0.717, 1.165) is 41.5 Å². The van der Waals surface area contributed by atoms with Crippen molar-refractivity contribution in [1.82, 2.24) is 24.7 Å². The van der Waals surface area contributed by atoms with E-state index >= 15 is 0 Å². The molecule has 0 N–H and O–H groups in total. The summed E-state index contributed by atoms with van der Waals surface area (Å²) in [5, 5.41) is 10.0. The Kier molecular flexibility index (Phi) is 3.48. The van der Waals surface area contributed by atoms with Crippen molar-refractivity contribution in [3.05, 3.63) is 41.7 Å². The Morgan fingerprint density at radius 2 is 1.96 bits per heavy atom. The number of rotatable bonds is 2. The van der Waals surface area contributed by atoms with Gasteiger partial charge in [0, 0.05) is 24.4 Å². The number of benzene rings is 1. The van der Waals surface area contributed by atoms with Crippen molar-refractivity contribution in [1.29, 1.82) is 0 Å². The molecule has 1 aromatic carbocycles. The second-order valence-electron chi connectivity index (χ2n) is 6.76. The lowest BCUT2D eigenvalue weighted by Crippen LogP contribution is -2.38. The maximum atomic E-state index is 4.61. The van der Waals surface area contributed by atoms with Crippen LogP contribution in [0.1, 0.15) is 49.9 Å². The smallest absolute Gasteiger partial charge is 0.155 e. The SMILES string of the molecule is Cc1cccc2ncnc(N3CCn4c(C(C)C)nnc4C3C)c12. The van der Waals surface area contributed by atoms with Gasteiger partial charge in [0.1, 0.15) is 18.0 Å². The van der Waals surface area contributed by atoms with Gasteiger partial charge in [-0.2, -0.15) is 0 Å². The van der Waals surface area contributed by atoms with Crippen LogP contribution in [0.3, 0.4) is 0 Å². The van der Waals surface area contributed by atoms with E-state index in [1.807, 2.05) is 12.1 Å². The minimum atomic E-state index is 0.136. The predicted molar refractivity (Wildman–Crippen MR) is 94.1 cm³/mol. The van der Waals surface area contributed by atoms with Crippen LogP contribution in [-0.2, 0) is 6.54 Å². The molecule has 2 aromatic heterocycles. The maximum absolute atomic E-state index is 4.61. The molecule has 1 unspecified atom stereocenters. The zero-order valence-corrected chi connectivity index (χ0v) is 14.6. The normalized spacial score (nSPS) is 17.5. The second kappa shape index (κ2) is 5.54. The second-order valence-corrected chi connectivity index (χ2v) is 6.76. The molecule has 1 aliphatic heterocycles. The third-order valence-electron chi connectivity index (χ3n) is 4.85. The summed E-state index contributed by atoms with van der Waals surface area (Å²) in [6, 6.07) is 6.33. The molecule has 3 aromatic rings. The molecule has 0 spiro atoms. The summed E-state index contributed by atoms with van der Waals surface area (Å²) in [5.41, 5.74) is 2.19. The van der Waals surface area contributed by atoms with Crippen LogP contribution in [0.5, 0.6) is 0 Å². The highest BCUT2D eigenvalue weighted by Gasteiger charge is 2.30. The first kappa shape index (κ1) is 15.1. The standard InChI is InChI=1S/C18H22N6/c1-11(2)16-21-22-17-13(4)23(8-9-24(16)17)18-15-12(3)6-5-7-14(15)19-10-20-18/h5-7,10-11,13H,8-9H2,1-4H3. The summed E-state index contributed by atoms with van der Waals surface area (Å²) >= 11 is 0. The summed E-state index contributed by atoms with van der Waals surface area (Å²) in [4.78, 5) is 11.4. The number of hydrogen-bond acceptors (Lipinski definition) is 5. The summed E-state index contributed by atoms with van der Waals surface area (Å²) in [7, 11) is 0. The van der Waals surface area contributed by atoms with Crippen molar-refractivity contribution < 1.29 is 0 Å². The number of aryl methyl sites for hydroxylation is 1. The summed E-state index contributed by atoms with van der Waals surface area (Å²) in [6.45, 7) is 10.4. The van der Waals surface area contributed by atoms with E-state index in [0.29, 0.717) is 5.92 Å². The zero-order valence-electron chi connectivity index (χ0n) is 14.6. The van der Waals surface area contributed by atoms with Gasteiger partial charge in [-0.05, 0) is 25.5 Å². The van der Waals surface area contributed by atoms with Crippen LogP contribution in [0.4, 0.5) is 5.82 Å². The maximum Gasteiger partial charge on any atom is 0.155 e. The molecule has 0 bridgehead atoms. The molecule has 124 valence electrons. The quantitative estimate of drug-likeness (QED) is 0.725. The minimum absolute atomic E-state index is 0.136. The molecule has 0 amide bonds. The topological polar surface area (TPSA) is 59.7 Å². The van der Waals surface area contributed by atoms with Crippen LogP contribution in [-0.4, -0.2) is 31.3 Å². The van der Waals surface area contributed by atoms with Gasteiger partial charge in [-0.1, -0.05) is 26.0 Å². The lowest BCUT2D eigenvalue weighted by atomic mass is 10.1. The third-order valence-corrected chi connectivity index (χ3v) is 4.85. The lowest BCUT2D eigenvalue weighted by Gasteiger charge is -2.35. The van der Waals surface area contributed by atoms with Crippen molar-refractivity contribution in [3.63, 3.8) is 0 Å². The lowest BCUT2D eigenvalue weighted by molar-refractivity contribution is 0.478. The van der Waals surface area contributed by atoms with E-state index < -0.39 is 0 Å². The van der Waals surface area contributed by atoms with Crippen molar-refractivity contribution in [2.45, 2.75) is 46.2 Å². The van der Waals surface area contributed by atoms with Crippen LogP contribution in [0.25, 0.3) is 10.9 Å². The highest BCUT2D eigenvalue weighted by atomic mass is 15.4. The van der Waals surface area contributed by atoms with Gasteiger partial charge in [0.15, 0.2) is 5.82 Å². The third kappa shape index (κ3) is 2.17. The molecule has 1 atom stereocenters. The van der Waals surface area contributed by atoms with Crippen LogP contribution in [0.15, 0.2) is 24.5 Å². The Bertz CT molecular complexity index is 892. The number of anilines is 1. The summed E-state index contributed by atoms with van der Waals surface area (Å²) in [5.74, 6) is 3.46. The van der Waals surface area contributed by atoms with Gasteiger partial charge in [-0.3, -0.25) is 0 Å². The van der Waals surface area contributed by atoms with Crippen molar-refractivity contribution in [2.24, 2.45) is 0 Å². The van der Waals surface area contributed by atoms with Crippen LogP contribution in [0.2, 0.25) is 0 Å². The molecule has 1 aliphatic rings. The van der Waals surface area contributed by atoms with Gasteiger partial charge in [0.05, 0.1) is 11.6 Å². The molecule has 6 nitrogen and oxygen atoms in total. The molecule has 0 saturated carbocycles. The van der Waals surface area contributed by atoms with E-state index in [-0.39, 0.29) is 6.04 Å². The van der Waals surface area contributed by atoms with Crippen LogP contribution in [0, 0.1) is 6.92 Å². The first-order valence-corrected chi connectivity index (χ1v) is 8.48. The Morgan fingerprint density at radius 1 is 1.12 bits per heavy atom. The van der Waals surface area contributed by atoms with Crippen molar-refractivity contribution >= 4 is 16.7 Å². The minimum Gasteiger partial charge on any atom is -0.344 e. The van der Waals surface area contributed by atoms with Gasteiger partial charge in [-0.25, -0.2) is 9.97 Å². The molecule has 4 rings (SSSR count). The monoisotopic (exact) mass is 322 g/mol. The Hall–Kier alpha value is -2.50. The molecule has 3 heterocycles. The predicted octanol–water partition coefficient (Wildman–Crippen LogP) is 3.23. The molecule has 6 heteroatoms. The highest BCUT2D eigenvalue weighted by Crippen LogP contribution is 2.34. The van der Waals surface area contributed by atoms with Crippen LogP contribution >= 0.6 is 0 Å². The molecule has 0 aliphatic carbocycles. The largest absolute Gasteiger partial charge is 0.344 e. The Balaban J connectivity index is 1.82. The average Bonchev–Trinajstić information content (AvgIpc) is 3.00. The Labute approximate surface area is 141 Å². The van der Waals surface area contributed by atoms with Crippen molar-refractivity contribution in [2.75, 3.05) is 11.4 Å². The fourth-order valence-electron chi connectivity index (χ4n) is 3.60. The van der Waals surface area contributed by atoms with Gasteiger partial charge in [-0.15, -0.1) is 10.2 Å². The first-order valence-electron chi connectivity index (χ1n) is 8.48. The van der Waals surface area contributed by atoms with E-state index in [4.69, 9.17) is 0 Å². The number of hydrogen-bond donors (Lipinski definition) is 0. The fraction of sp³-hybridized carbons (Fsp3) is 0.444. The molecule has 0 saturated heterocycles. The zero-order chi connectivity index (χ0) is 16.8. The van der Waals surface area contributed by atoms with Crippen molar-refractivity contribution in [3.8, 4) is 0 Å². The van der Waals surface area contributed by atoms with Gasteiger partial charge < -0.3 is 9.47 Å². The number of aromatic nitrogens is 5.